The minimum Gasteiger partial charge on any atom is -0.493 e. The highest BCUT2D eigenvalue weighted by Crippen LogP contribution is 2.34. The summed E-state index contributed by atoms with van der Waals surface area (Å²) in [5.74, 6) is 0.597. The maximum Gasteiger partial charge on any atom is 0.163 e. The third-order valence-corrected chi connectivity index (χ3v) is 4.99. The summed E-state index contributed by atoms with van der Waals surface area (Å²) in [6.07, 6.45) is 4.86. The van der Waals surface area contributed by atoms with E-state index in [9.17, 15) is 4.39 Å². The summed E-state index contributed by atoms with van der Waals surface area (Å²) < 4.78 is 25.0. The summed E-state index contributed by atoms with van der Waals surface area (Å²) in [4.78, 5) is 0. The highest BCUT2D eigenvalue weighted by atomic mass is 35.5. The SMILES string of the molecule is CCCCCCNCc1cc(OC)c(OCc2c(F)cccc2Cl)cc1Cl. The normalized spacial score (nSPS) is 10.9. The van der Waals surface area contributed by atoms with Crippen LogP contribution in [0.1, 0.15) is 43.7 Å². The van der Waals surface area contributed by atoms with Gasteiger partial charge in [0.25, 0.3) is 0 Å². The molecule has 0 aliphatic carbocycles. The van der Waals surface area contributed by atoms with E-state index in [2.05, 4.69) is 12.2 Å². The summed E-state index contributed by atoms with van der Waals surface area (Å²) in [7, 11) is 1.56. The molecule has 2 aromatic rings. The molecule has 0 aliphatic rings. The van der Waals surface area contributed by atoms with Gasteiger partial charge in [0.1, 0.15) is 12.4 Å². The van der Waals surface area contributed by atoms with Crippen LogP contribution in [0.3, 0.4) is 0 Å². The number of benzene rings is 2. The first-order valence-corrected chi connectivity index (χ1v) is 9.95. The van der Waals surface area contributed by atoms with Gasteiger partial charge in [-0.2, -0.15) is 0 Å². The number of hydrogen-bond acceptors (Lipinski definition) is 3. The first-order valence-electron chi connectivity index (χ1n) is 9.19. The molecule has 0 unspecified atom stereocenters. The van der Waals surface area contributed by atoms with Gasteiger partial charge in [-0.25, -0.2) is 4.39 Å². The molecule has 0 saturated heterocycles. The topological polar surface area (TPSA) is 30.5 Å². The number of nitrogens with one attached hydrogen (secondary N) is 1. The van der Waals surface area contributed by atoms with Gasteiger partial charge in [0, 0.05) is 23.2 Å². The Bertz CT molecular complexity index is 720. The zero-order valence-electron chi connectivity index (χ0n) is 15.8. The first-order chi connectivity index (χ1) is 13.1. The van der Waals surface area contributed by atoms with Crippen LogP contribution < -0.4 is 14.8 Å². The molecule has 2 aromatic carbocycles. The third kappa shape index (κ3) is 6.56. The summed E-state index contributed by atoms with van der Waals surface area (Å²) in [6.45, 7) is 3.79. The van der Waals surface area contributed by atoms with Crippen molar-refractivity contribution >= 4 is 23.2 Å². The van der Waals surface area contributed by atoms with E-state index in [4.69, 9.17) is 32.7 Å². The highest BCUT2D eigenvalue weighted by molar-refractivity contribution is 6.31. The van der Waals surface area contributed by atoms with Gasteiger partial charge in [0.15, 0.2) is 11.5 Å². The lowest BCUT2D eigenvalue weighted by atomic mass is 10.1. The molecule has 148 valence electrons. The average molecular weight is 414 g/mol. The van der Waals surface area contributed by atoms with Crippen LogP contribution in [0.15, 0.2) is 30.3 Å². The van der Waals surface area contributed by atoms with Crippen LogP contribution in [-0.2, 0) is 13.2 Å². The quantitative estimate of drug-likeness (QED) is 0.432. The fourth-order valence-electron chi connectivity index (χ4n) is 2.71. The standard InChI is InChI=1S/C21H26Cl2FNO2/c1-3-4-5-6-10-25-13-15-11-20(26-2)21(12-18(15)23)27-14-16-17(22)8-7-9-19(16)24/h7-9,11-12,25H,3-6,10,13-14H2,1-2H3. The second-order valence-corrected chi connectivity index (χ2v) is 7.14. The lowest BCUT2D eigenvalue weighted by molar-refractivity contribution is 0.279. The number of methoxy groups -OCH3 is 1. The summed E-state index contributed by atoms with van der Waals surface area (Å²) in [6, 6.07) is 8.08. The average Bonchev–Trinajstić information content (AvgIpc) is 2.65. The minimum absolute atomic E-state index is 0.00673. The molecule has 0 bridgehead atoms. The first kappa shape index (κ1) is 21.8. The molecule has 1 N–H and O–H groups in total. The van der Waals surface area contributed by atoms with Crippen molar-refractivity contribution in [2.45, 2.75) is 45.8 Å². The number of ether oxygens (including phenoxy) is 2. The van der Waals surface area contributed by atoms with Crippen LogP contribution in [0.2, 0.25) is 10.0 Å². The van der Waals surface area contributed by atoms with Crippen molar-refractivity contribution in [2.75, 3.05) is 13.7 Å². The predicted octanol–water partition coefficient (Wildman–Crippen LogP) is 6.39. The van der Waals surface area contributed by atoms with Crippen LogP contribution in [0.25, 0.3) is 0 Å². The van der Waals surface area contributed by atoms with Gasteiger partial charge in [-0.3, -0.25) is 0 Å². The van der Waals surface area contributed by atoms with Gasteiger partial charge in [-0.05, 0) is 36.7 Å². The number of hydrogen-bond donors (Lipinski definition) is 1. The maximum atomic E-state index is 13.9. The van der Waals surface area contributed by atoms with E-state index in [1.807, 2.05) is 6.07 Å². The number of rotatable bonds is 11. The van der Waals surface area contributed by atoms with Gasteiger partial charge in [0.2, 0.25) is 0 Å². The second-order valence-electron chi connectivity index (χ2n) is 6.32. The Hall–Kier alpha value is -1.49. The van der Waals surface area contributed by atoms with E-state index < -0.39 is 5.82 Å². The molecule has 2 rings (SSSR count). The Balaban J connectivity index is 2.00. The molecular formula is C21H26Cl2FNO2. The Morgan fingerprint density at radius 3 is 2.56 bits per heavy atom. The molecule has 0 spiro atoms. The van der Waals surface area contributed by atoms with Crippen LogP contribution in [0.5, 0.6) is 11.5 Å². The van der Waals surface area contributed by atoms with Crippen LogP contribution in [0, 0.1) is 5.82 Å². The minimum atomic E-state index is -0.406. The number of unbranched alkanes of at least 4 members (excludes halogenated alkanes) is 3. The fourth-order valence-corrected chi connectivity index (χ4v) is 3.14. The number of halogens is 3. The van der Waals surface area contributed by atoms with Crippen molar-refractivity contribution in [3.8, 4) is 11.5 Å². The maximum absolute atomic E-state index is 13.9. The third-order valence-electron chi connectivity index (χ3n) is 4.29. The summed E-state index contributed by atoms with van der Waals surface area (Å²) in [5, 5.41) is 4.30. The highest BCUT2D eigenvalue weighted by Gasteiger charge is 2.13. The molecule has 0 amide bonds. The van der Waals surface area contributed by atoms with Gasteiger partial charge in [0.05, 0.1) is 12.1 Å². The molecule has 0 radical (unpaired) electrons. The van der Waals surface area contributed by atoms with Crippen molar-refractivity contribution in [1.82, 2.24) is 5.32 Å². The van der Waals surface area contributed by atoms with Crippen molar-refractivity contribution in [3.05, 3.63) is 57.3 Å². The van der Waals surface area contributed by atoms with Gasteiger partial charge < -0.3 is 14.8 Å². The smallest absolute Gasteiger partial charge is 0.163 e. The lowest BCUT2D eigenvalue weighted by Gasteiger charge is -2.15. The monoisotopic (exact) mass is 413 g/mol. The Morgan fingerprint density at radius 1 is 1.04 bits per heavy atom. The summed E-state index contributed by atoms with van der Waals surface area (Å²) >= 11 is 12.4. The Labute approximate surface area is 170 Å². The molecule has 0 fully saturated rings. The molecule has 0 atom stereocenters. The molecular weight excluding hydrogens is 388 g/mol. The van der Waals surface area contributed by atoms with E-state index in [0.717, 1.165) is 18.5 Å². The van der Waals surface area contributed by atoms with Crippen LogP contribution in [-0.4, -0.2) is 13.7 Å². The van der Waals surface area contributed by atoms with E-state index in [0.29, 0.717) is 33.7 Å². The van der Waals surface area contributed by atoms with E-state index in [-0.39, 0.29) is 6.61 Å². The molecule has 0 saturated carbocycles. The molecule has 27 heavy (non-hydrogen) atoms. The second kappa shape index (κ2) is 11.4. The summed E-state index contributed by atoms with van der Waals surface area (Å²) in [5.41, 5.74) is 1.23. The van der Waals surface area contributed by atoms with Crippen molar-refractivity contribution < 1.29 is 13.9 Å². The van der Waals surface area contributed by atoms with Gasteiger partial charge in [-0.1, -0.05) is 55.5 Å². The molecule has 0 aromatic heterocycles. The van der Waals surface area contributed by atoms with Gasteiger partial charge in [-0.15, -0.1) is 0 Å². The fraction of sp³-hybridized carbons (Fsp3) is 0.429. The van der Waals surface area contributed by atoms with E-state index in [1.165, 1.54) is 25.3 Å². The predicted molar refractivity (Wildman–Crippen MR) is 110 cm³/mol. The molecule has 6 heteroatoms. The molecule has 3 nitrogen and oxygen atoms in total. The largest absolute Gasteiger partial charge is 0.493 e. The zero-order valence-corrected chi connectivity index (χ0v) is 17.3. The Morgan fingerprint density at radius 2 is 1.85 bits per heavy atom. The van der Waals surface area contributed by atoms with E-state index >= 15 is 0 Å². The lowest BCUT2D eigenvalue weighted by Crippen LogP contribution is -2.15. The van der Waals surface area contributed by atoms with E-state index in [1.54, 1.807) is 25.3 Å². The van der Waals surface area contributed by atoms with Crippen molar-refractivity contribution in [1.29, 1.82) is 0 Å². The molecule has 0 heterocycles. The van der Waals surface area contributed by atoms with Crippen molar-refractivity contribution in [2.24, 2.45) is 0 Å². The van der Waals surface area contributed by atoms with Crippen LogP contribution >= 0.6 is 23.2 Å². The molecule has 0 aliphatic heterocycles. The zero-order chi connectivity index (χ0) is 19.6. The van der Waals surface area contributed by atoms with Gasteiger partial charge >= 0.3 is 0 Å². The van der Waals surface area contributed by atoms with Crippen molar-refractivity contribution in [3.63, 3.8) is 0 Å². The van der Waals surface area contributed by atoms with Crippen LogP contribution in [0.4, 0.5) is 4.39 Å². The Kier molecular flexibility index (Phi) is 9.19.